The second-order valence-electron chi connectivity index (χ2n) is 5.18. The third-order valence-electron chi connectivity index (χ3n) is 3.41. The number of alkyl halides is 3. The van der Waals surface area contributed by atoms with Crippen LogP contribution >= 0.6 is 0 Å². The number of furan rings is 1. The zero-order valence-corrected chi connectivity index (χ0v) is 13.0. The molecule has 0 amide bonds. The van der Waals surface area contributed by atoms with Crippen LogP contribution in [0, 0.1) is 0 Å². The van der Waals surface area contributed by atoms with Gasteiger partial charge in [0, 0.05) is 19.2 Å². The molecule has 0 radical (unpaired) electrons. The molecule has 1 fully saturated rings. The van der Waals surface area contributed by atoms with Gasteiger partial charge in [-0.2, -0.15) is 13.2 Å². The number of halogens is 3. The zero-order valence-electron chi connectivity index (χ0n) is 12.2. The van der Waals surface area contributed by atoms with Crippen molar-refractivity contribution < 1.29 is 35.3 Å². The number of aromatic nitrogens is 1. The number of sulfonamides is 1. The third-order valence-corrected chi connectivity index (χ3v) is 4.71. The molecule has 3 rings (SSSR count). The van der Waals surface area contributed by atoms with Crippen LogP contribution in [-0.2, 0) is 20.9 Å². The molecular formula is C13H13F3N2O5S. The molecule has 24 heavy (non-hydrogen) atoms. The molecule has 11 heteroatoms. The van der Waals surface area contributed by atoms with E-state index in [2.05, 4.69) is 14.4 Å². The van der Waals surface area contributed by atoms with E-state index in [9.17, 15) is 21.6 Å². The van der Waals surface area contributed by atoms with Crippen LogP contribution in [0.4, 0.5) is 13.2 Å². The van der Waals surface area contributed by atoms with E-state index in [1.54, 1.807) is 0 Å². The Morgan fingerprint density at radius 1 is 1.33 bits per heavy atom. The van der Waals surface area contributed by atoms with Crippen molar-refractivity contribution in [1.29, 1.82) is 0 Å². The van der Waals surface area contributed by atoms with Gasteiger partial charge in [-0.25, -0.2) is 13.1 Å². The molecule has 1 N–H and O–H groups in total. The summed E-state index contributed by atoms with van der Waals surface area (Å²) in [6.07, 6.45) is -3.26. The fourth-order valence-electron chi connectivity index (χ4n) is 2.21. The fourth-order valence-corrected chi connectivity index (χ4v) is 3.20. The van der Waals surface area contributed by atoms with Crippen molar-refractivity contribution in [3.8, 4) is 11.5 Å². The normalized spacial score (nSPS) is 19.0. The topological polar surface area (TPSA) is 94.6 Å². The first-order valence-electron chi connectivity index (χ1n) is 7.01. The van der Waals surface area contributed by atoms with Crippen LogP contribution in [0.3, 0.4) is 0 Å². The monoisotopic (exact) mass is 366 g/mol. The van der Waals surface area contributed by atoms with Gasteiger partial charge in [-0.05, 0) is 25.0 Å². The van der Waals surface area contributed by atoms with Gasteiger partial charge in [-0.15, -0.1) is 0 Å². The minimum absolute atomic E-state index is 0.0978. The Hall–Kier alpha value is -1.85. The quantitative estimate of drug-likeness (QED) is 0.873. The predicted molar refractivity (Wildman–Crippen MR) is 73.4 cm³/mol. The Labute approximate surface area is 134 Å². The van der Waals surface area contributed by atoms with E-state index >= 15 is 0 Å². The Balaban J connectivity index is 1.73. The minimum atomic E-state index is -4.68. The molecule has 1 unspecified atom stereocenters. The van der Waals surface area contributed by atoms with Crippen molar-refractivity contribution in [2.24, 2.45) is 0 Å². The van der Waals surface area contributed by atoms with Crippen LogP contribution in [0.25, 0.3) is 11.5 Å². The summed E-state index contributed by atoms with van der Waals surface area (Å²) >= 11 is 0. The third kappa shape index (κ3) is 3.62. The average molecular weight is 366 g/mol. The van der Waals surface area contributed by atoms with Gasteiger partial charge in [0.25, 0.3) is 10.0 Å². The lowest BCUT2D eigenvalue weighted by Crippen LogP contribution is -2.31. The van der Waals surface area contributed by atoms with Gasteiger partial charge in [-0.3, -0.25) is 0 Å². The van der Waals surface area contributed by atoms with E-state index in [4.69, 9.17) is 9.15 Å². The highest BCUT2D eigenvalue weighted by molar-refractivity contribution is 7.89. The van der Waals surface area contributed by atoms with E-state index in [1.807, 2.05) is 0 Å². The molecule has 2 aromatic rings. The van der Waals surface area contributed by atoms with Crippen molar-refractivity contribution in [2.75, 3.05) is 13.2 Å². The van der Waals surface area contributed by atoms with E-state index in [0.717, 1.165) is 18.9 Å². The summed E-state index contributed by atoms with van der Waals surface area (Å²) in [4.78, 5) is 0. The maximum absolute atomic E-state index is 12.5. The molecule has 1 saturated heterocycles. The molecule has 0 spiro atoms. The maximum atomic E-state index is 12.5. The van der Waals surface area contributed by atoms with Crippen LogP contribution in [-0.4, -0.2) is 32.8 Å². The lowest BCUT2D eigenvalue weighted by molar-refractivity contribution is -0.155. The second-order valence-corrected chi connectivity index (χ2v) is 6.88. The van der Waals surface area contributed by atoms with Crippen molar-refractivity contribution >= 4 is 10.0 Å². The molecular weight excluding hydrogens is 353 g/mol. The zero-order chi connectivity index (χ0) is 17.4. The van der Waals surface area contributed by atoms with Crippen molar-refractivity contribution in [3.63, 3.8) is 0 Å². The summed E-state index contributed by atoms with van der Waals surface area (Å²) in [5, 5.41) is 2.81. The molecule has 0 aliphatic carbocycles. The van der Waals surface area contributed by atoms with Gasteiger partial charge in [-0.1, -0.05) is 5.16 Å². The lowest BCUT2D eigenvalue weighted by atomic mass is 10.2. The summed E-state index contributed by atoms with van der Waals surface area (Å²) < 4.78 is 78.6. The smallest absolute Gasteiger partial charge is 0.441 e. The minimum Gasteiger partial charge on any atom is -0.441 e. The lowest BCUT2D eigenvalue weighted by Gasteiger charge is -2.09. The summed E-state index contributed by atoms with van der Waals surface area (Å²) in [6.45, 7) is 0.686. The number of nitrogens with one attached hydrogen (secondary N) is 1. The fraction of sp³-hybridized carbons (Fsp3) is 0.462. The van der Waals surface area contributed by atoms with Gasteiger partial charge < -0.3 is 13.7 Å². The Kier molecular flexibility index (Phi) is 4.40. The molecule has 1 aliphatic heterocycles. The van der Waals surface area contributed by atoms with Gasteiger partial charge in [0.2, 0.25) is 10.9 Å². The van der Waals surface area contributed by atoms with E-state index in [0.29, 0.717) is 12.7 Å². The molecule has 7 nitrogen and oxygen atoms in total. The summed E-state index contributed by atoms with van der Waals surface area (Å²) in [6, 6.07) is 2.97. The van der Waals surface area contributed by atoms with Crippen LogP contribution < -0.4 is 4.72 Å². The molecule has 132 valence electrons. The highest BCUT2D eigenvalue weighted by Gasteiger charge is 2.36. The summed E-state index contributed by atoms with van der Waals surface area (Å²) in [5.41, 5.74) is -0.247. The number of ether oxygens (including phenoxy) is 1. The van der Waals surface area contributed by atoms with Gasteiger partial charge in [0.15, 0.2) is 5.76 Å². The second kappa shape index (κ2) is 6.22. The first-order valence-corrected chi connectivity index (χ1v) is 8.49. The Morgan fingerprint density at radius 3 is 2.75 bits per heavy atom. The largest absolute Gasteiger partial charge is 0.452 e. The SMILES string of the molecule is O=S(=O)(NCC1CCCO1)c1ccc(-c2cc(C(F)(F)F)on2)o1. The first-order chi connectivity index (χ1) is 11.3. The first kappa shape index (κ1) is 17.0. The standard InChI is InChI=1S/C13H13F3N2O5S/c14-13(15,16)11-6-9(18-23-11)10-3-4-12(22-10)24(19,20)17-7-8-2-1-5-21-8/h3-4,6,8,17H,1-2,5,7H2. The van der Waals surface area contributed by atoms with E-state index in [1.165, 1.54) is 6.07 Å². The van der Waals surface area contributed by atoms with Crippen LogP contribution in [0.5, 0.6) is 0 Å². The highest BCUT2D eigenvalue weighted by Crippen LogP contribution is 2.33. The summed E-state index contributed by atoms with van der Waals surface area (Å²) in [7, 11) is -3.93. The van der Waals surface area contributed by atoms with Gasteiger partial charge in [0.05, 0.1) is 6.10 Å². The summed E-state index contributed by atoms with van der Waals surface area (Å²) in [5.74, 6) is -1.44. The van der Waals surface area contributed by atoms with E-state index < -0.39 is 27.1 Å². The molecule has 1 aliphatic rings. The van der Waals surface area contributed by atoms with Gasteiger partial charge >= 0.3 is 6.18 Å². The van der Waals surface area contributed by atoms with Crippen LogP contribution in [0.1, 0.15) is 18.6 Å². The van der Waals surface area contributed by atoms with Crippen molar-refractivity contribution in [1.82, 2.24) is 9.88 Å². The molecule has 0 bridgehead atoms. The molecule has 2 aromatic heterocycles. The molecule has 0 saturated carbocycles. The number of nitrogens with zero attached hydrogens (tertiary/aromatic N) is 1. The molecule has 1 atom stereocenters. The maximum Gasteiger partial charge on any atom is 0.452 e. The molecule has 0 aromatic carbocycles. The van der Waals surface area contributed by atoms with Crippen molar-refractivity contribution in [3.05, 3.63) is 24.0 Å². The predicted octanol–water partition coefficient (Wildman–Crippen LogP) is 2.41. The van der Waals surface area contributed by atoms with E-state index in [-0.39, 0.29) is 24.1 Å². The van der Waals surface area contributed by atoms with Crippen molar-refractivity contribution in [2.45, 2.75) is 30.2 Å². The van der Waals surface area contributed by atoms with Gasteiger partial charge in [0.1, 0.15) is 5.69 Å². The number of hydrogen-bond acceptors (Lipinski definition) is 6. The van der Waals surface area contributed by atoms with Crippen LogP contribution in [0.15, 0.2) is 32.2 Å². The Bertz CT molecular complexity index is 806. The van der Waals surface area contributed by atoms with Crippen LogP contribution in [0.2, 0.25) is 0 Å². The average Bonchev–Trinajstić information content (AvgIpc) is 3.23. The number of hydrogen-bond donors (Lipinski definition) is 1. The highest BCUT2D eigenvalue weighted by atomic mass is 32.2. The number of rotatable bonds is 5. The Morgan fingerprint density at radius 2 is 2.12 bits per heavy atom. The molecule has 3 heterocycles.